The molecule has 3 rings (SSSR count). The molecule has 0 spiro atoms. The molecule has 0 saturated carbocycles. The fourth-order valence-electron chi connectivity index (χ4n) is 2.58. The van der Waals surface area contributed by atoms with Gasteiger partial charge < -0.3 is 0 Å². The number of Topliss-reactive ketones (excluding diaryl/α,β-unsaturated/α-hetero) is 1. The first-order valence-electron chi connectivity index (χ1n) is 6.39. The van der Waals surface area contributed by atoms with Gasteiger partial charge in [0.15, 0.2) is 5.78 Å². The summed E-state index contributed by atoms with van der Waals surface area (Å²) in [6, 6.07) is 2.09. The van der Waals surface area contributed by atoms with Crippen molar-refractivity contribution in [1.29, 1.82) is 0 Å². The van der Waals surface area contributed by atoms with Gasteiger partial charge in [0.1, 0.15) is 0 Å². The third-order valence-electron chi connectivity index (χ3n) is 3.61. The Morgan fingerprint density at radius 2 is 2.32 bits per heavy atom. The summed E-state index contributed by atoms with van der Waals surface area (Å²) in [6.07, 6.45) is 3.93. The maximum atomic E-state index is 12.4. The van der Waals surface area contributed by atoms with Gasteiger partial charge in [-0.15, -0.1) is 11.3 Å². The highest BCUT2D eigenvalue weighted by Crippen LogP contribution is 2.31. The predicted octanol–water partition coefficient (Wildman–Crippen LogP) is 3.47. The van der Waals surface area contributed by atoms with E-state index in [9.17, 15) is 4.79 Å². The molecule has 1 aliphatic rings. The number of nitrogens with zero attached hydrogens (tertiary/aromatic N) is 2. The number of hydrogen-bond donors (Lipinski definition) is 0. The van der Waals surface area contributed by atoms with Gasteiger partial charge in [0.25, 0.3) is 0 Å². The van der Waals surface area contributed by atoms with Crippen molar-refractivity contribution in [3.63, 3.8) is 0 Å². The minimum Gasteiger partial charge on any atom is -0.293 e. The van der Waals surface area contributed by atoms with Crippen LogP contribution >= 0.6 is 27.3 Å². The molecule has 2 heterocycles. The van der Waals surface area contributed by atoms with Crippen LogP contribution in [0.2, 0.25) is 0 Å². The van der Waals surface area contributed by atoms with Crippen molar-refractivity contribution in [2.24, 2.45) is 7.05 Å². The van der Waals surface area contributed by atoms with Gasteiger partial charge in [-0.05, 0) is 53.7 Å². The zero-order valence-corrected chi connectivity index (χ0v) is 13.4. The number of carbonyl (C=O) groups excluding carboxylic acids is 1. The average molecular weight is 339 g/mol. The van der Waals surface area contributed by atoms with Crippen molar-refractivity contribution in [3.05, 3.63) is 37.2 Å². The number of rotatable bonds is 3. The fraction of sp³-hybridized carbons (Fsp3) is 0.429. The third-order valence-corrected chi connectivity index (χ3v) is 5.92. The number of halogens is 1. The molecule has 1 aliphatic carbocycles. The van der Waals surface area contributed by atoms with Crippen LogP contribution in [-0.4, -0.2) is 15.6 Å². The Kier molecular flexibility index (Phi) is 3.35. The molecule has 0 saturated heterocycles. The summed E-state index contributed by atoms with van der Waals surface area (Å²) in [6.45, 7) is 1.94. The number of aryl methyl sites for hydroxylation is 4. The van der Waals surface area contributed by atoms with Crippen LogP contribution in [0.1, 0.15) is 37.9 Å². The standard InChI is InChI=1S/C14H15BrN2OS/c1-8-14(15)10(17(2)16-8)7-11(18)13-6-9-4-3-5-12(9)19-13/h6H,3-5,7H2,1-2H3. The van der Waals surface area contributed by atoms with Crippen molar-refractivity contribution in [1.82, 2.24) is 9.78 Å². The quantitative estimate of drug-likeness (QED) is 0.803. The summed E-state index contributed by atoms with van der Waals surface area (Å²) < 4.78 is 2.74. The third kappa shape index (κ3) is 2.30. The van der Waals surface area contributed by atoms with Crippen LogP contribution in [0.3, 0.4) is 0 Å². The van der Waals surface area contributed by atoms with Gasteiger partial charge >= 0.3 is 0 Å². The molecular weight excluding hydrogens is 324 g/mol. The van der Waals surface area contributed by atoms with Crippen molar-refractivity contribution >= 4 is 33.0 Å². The summed E-state index contributed by atoms with van der Waals surface area (Å²) in [5.41, 5.74) is 3.27. The van der Waals surface area contributed by atoms with Gasteiger partial charge in [-0.1, -0.05) is 0 Å². The SMILES string of the molecule is Cc1nn(C)c(CC(=O)c2cc3c(s2)CCC3)c1Br. The lowest BCUT2D eigenvalue weighted by Gasteiger charge is -2.01. The van der Waals surface area contributed by atoms with E-state index in [0.717, 1.165) is 33.6 Å². The molecule has 2 aromatic rings. The lowest BCUT2D eigenvalue weighted by Crippen LogP contribution is -2.07. The molecule has 0 aliphatic heterocycles. The average Bonchev–Trinajstić information content (AvgIpc) is 2.99. The number of aromatic nitrogens is 2. The second kappa shape index (κ2) is 4.87. The zero-order chi connectivity index (χ0) is 13.6. The molecule has 0 N–H and O–H groups in total. The first kappa shape index (κ1) is 13.1. The monoisotopic (exact) mass is 338 g/mol. The first-order valence-corrected chi connectivity index (χ1v) is 8.00. The van der Waals surface area contributed by atoms with Crippen molar-refractivity contribution in [2.75, 3.05) is 0 Å². The molecule has 0 fully saturated rings. The second-order valence-corrected chi connectivity index (χ2v) is 6.91. The normalized spacial score (nSPS) is 13.8. The van der Waals surface area contributed by atoms with Gasteiger partial charge in [-0.25, -0.2) is 0 Å². The van der Waals surface area contributed by atoms with Gasteiger partial charge in [0, 0.05) is 11.9 Å². The number of carbonyl (C=O) groups is 1. The summed E-state index contributed by atoms with van der Waals surface area (Å²) in [7, 11) is 1.88. The summed E-state index contributed by atoms with van der Waals surface area (Å²) >= 11 is 5.19. The minimum absolute atomic E-state index is 0.197. The highest BCUT2D eigenvalue weighted by molar-refractivity contribution is 9.10. The topological polar surface area (TPSA) is 34.9 Å². The van der Waals surface area contributed by atoms with Crippen LogP contribution in [0.25, 0.3) is 0 Å². The van der Waals surface area contributed by atoms with Crippen molar-refractivity contribution in [2.45, 2.75) is 32.6 Å². The zero-order valence-electron chi connectivity index (χ0n) is 11.0. The molecule has 0 atom stereocenters. The molecule has 3 nitrogen and oxygen atoms in total. The maximum Gasteiger partial charge on any atom is 0.178 e. The van der Waals surface area contributed by atoms with Crippen molar-refractivity contribution in [3.8, 4) is 0 Å². The Hall–Kier alpha value is -0.940. The Bertz CT molecular complexity index is 635. The van der Waals surface area contributed by atoms with Gasteiger partial charge in [-0.3, -0.25) is 9.48 Å². The van der Waals surface area contributed by atoms with E-state index in [4.69, 9.17) is 0 Å². The summed E-state index contributed by atoms with van der Waals surface area (Å²) in [4.78, 5) is 14.7. The lowest BCUT2D eigenvalue weighted by atomic mass is 10.1. The van der Waals surface area contributed by atoms with Crippen LogP contribution in [0.4, 0.5) is 0 Å². The van der Waals surface area contributed by atoms with E-state index in [2.05, 4.69) is 27.1 Å². The first-order chi connectivity index (χ1) is 9.06. The number of hydrogen-bond acceptors (Lipinski definition) is 3. The minimum atomic E-state index is 0.197. The lowest BCUT2D eigenvalue weighted by molar-refractivity contribution is 0.0994. The van der Waals surface area contributed by atoms with E-state index in [1.807, 2.05) is 14.0 Å². The molecule has 0 bridgehead atoms. The highest BCUT2D eigenvalue weighted by Gasteiger charge is 2.21. The van der Waals surface area contributed by atoms with E-state index in [0.29, 0.717) is 6.42 Å². The van der Waals surface area contributed by atoms with Crippen LogP contribution in [0, 0.1) is 6.92 Å². The molecule has 0 radical (unpaired) electrons. The number of fused-ring (bicyclic) bond motifs is 1. The Labute approximate surface area is 124 Å². The molecular formula is C14H15BrN2OS. The van der Waals surface area contributed by atoms with Crippen LogP contribution < -0.4 is 0 Å². The van der Waals surface area contributed by atoms with E-state index >= 15 is 0 Å². The smallest absolute Gasteiger partial charge is 0.178 e. The molecule has 0 amide bonds. The van der Waals surface area contributed by atoms with Gasteiger partial charge in [-0.2, -0.15) is 5.10 Å². The largest absolute Gasteiger partial charge is 0.293 e. The molecule has 100 valence electrons. The van der Waals surface area contributed by atoms with Crippen LogP contribution in [0.5, 0.6) is 0 Å². The molecule has 2 aromatic heterocycles. The summed E-state index contributed by atoms with van der Waals surface area (Å²) in [5.74, 6) is 0.197. The Morgan fingerprint density at radius 3 is 2.95 bits per heavy atom. The van der Waals surface area contributed by atoms with Gasteiger partial charge in [0.2, 0.25) is 0 Å². The molecule has 0 aromatic carbocycles. The Morgan fingerprint density at radius 1 is 1.53 bits per heavy atom. The molecule has 0 unspecified atom stereocenters. The maximum absolute atomic E-state index is 12.4. The highest BCUT2D eigenvalue weighted by atomic mass is 79.9. The van der Waals surface area contributed by atoms with E-state index in [1.54, 1.807) is 16.0 Å². The number of ketones is 1. The predicted molar refractivity (Wildman–Crippen MR) is 80.0 cm³/mol. The second-order valence-electron chi connectivity index (χ2n) is 4.98. The molecule has 5 heteroatoms. The van der Waals surface area contributed by atoms with Crippen LogP contribution in [-0.2, 0) is 26.3 Å². The van der Waals surface area contributed by atoms with Gasteiger partial charge in [0.05, 0.1) is 27.2 Å². The fourth-order valence-corrected chi connectivity index (χ4v) is 4.25. The number of thiophene rings is 1. The van der Waals surface area contributed by atoms with E-state index < -0.39 is 0 Å². The van der Waals surface area contributed by atoms with Crippen molar-refractivity contribution < 1.29 is 4.79 Å². The molecule has 19 heavy (non-hydrogen) atoms. The Balaban J connectivity index is 1.84. The van der Waals surface area contributed by atoms with E-state index in [-0.39, 0.29) is 5.78 Å². The van der Waals surface area contributed by atoms with Crippen LogP contribution in [0.15, 0.2) is 10.5 Å². The summed E-state index contributed by atoms with van der Waals surface area (Å²) in [5, 5.41) is 4.33. The van der Waals surface area contributed by atoms with E-state index in [1.165, 1.54) is 16.9 Å².